The zero-order chi connectivity index (χ0) is 23.4. The van der Waals surface area contributed by atoms with Crippen LogP contribution in [0.2, 0.25) is 5.02 Å². The summed E-state index contributed by atoms with van der Waals surface area (Å²) in [6.45, 7) is 0. The van der Waals surface area contributed by atoms with Gasteiger partial charge >= 0.3 is 6.18 Å². The zero-order valence-electron chi connectivity index (χ0n) is 16.9. The lowest BCUT2D eigenvalue weighted by atomic mass is 9.86. The SMILES string of the molecule is OC(Cc1c[nH]c2ccc(Cl)cc12)(c1ccc2c(cnn2-c2ccc(F)cc2)c1)C(F)(F)F. The maximum absolute atomic E-state index is 14.2. The Morgan fingerprint density at radius 1 is 1.00 bits per heavy atom. The van der Waals surface area contributed by atoms with Crippen LogP contribution in [0.4, 0.5) is 17.6 Å². The number of rotatable bonds is 4. The van der Waals surface area contributed by atoms with Gasteiger partial charge in [0.2, 0.25) is 0 Å². The van der Waals surface area contributed by atoms with Crippen molar-refractivity contribution in [1.29, 1.82) is 0 Å². The fourth-order valence-electron chi connectivity index (χ4n) is 4.02. The quantitative estimate of drug-likeness (QED) is 0.301. The first-order valence-corrected chi connectivity index (χ1v) is 10.3. The number of fused-ring (bicyclic) bond motifs is 2. The van der Waals surface area contributed by atoms with Gasteiger partial charge in [0.25, 0.3) is 0 Å². The van der Waals surface area contributed by atoms with Gasteiger partial charge in [-0.2, -0.15) is 18.3 Å². The van der Waals surface area contributed by atoms with E-state index in [9.17, 15) is 22.7 Å². The second-order valence-corrected chi connectivity index (χ2v) is 8.28. The fraction of sp³-hybridized carbons (Fsp3) is 0.125. The lowest BCUT2D eigenvalue weighted by molar-refractivity contribution is -0.266. The molecule has 33 heavy (non-hydrogen) atoms. The molecule has 1 atom stereocenters. The first kappa shape index (κ1) is 21.5. The van der Waals surface area contributed by atoms with Crippen LogP contribution in [0.25, 0.3) is 27.5 Å². The molecule has 3 aromatic carbocycles. The van der Waals surface area contributed by atoms with Crippen LogP contribution in [0, 0.1) is 5.82 Å². The highest BCUT2D eigenvalue weighted by molar-refractivity contribution is 6.31. The summed E-state index contributed by atoms with van der Waals surface area (Å²) in [5, 5.41) is 16.5. The highest BCUT2D eigenvalue weighted by Gasteiger charge is 2.55. The first-order chi connectivity index (χ1) is 15.7. The Morgan fingerprint density at radius 3 is 2.48 bits per heavy atom. The Kier molecular flexibility index (Phi) is 4.95. The molecule has 5 rings (SSSR count). The largest absolute Gasteiger partial charge is 0.421 e. The topological polar surface area (TPSA) is 53.8 Å². The Morgan fingerprint density at radius 2 is 1.76 bits per heavy atom. The lowest BCUT2D eigenvalue weighted by Gasteiger charge is -2.31. The highest BCUT2D eigenvalue weighted by atomic mass is 35.5. The van der Waals surface area contributed by atoms with Crippen molar-refractivity contribution < 1.29 is 22.7 Å². The van der Waals surface area contributed by atoms with E-state index in [0.717, 1.165) is 0 Å². The van der Waals surface area contributed by atoms with E-state index in [4.69, 9.17) is 11.6 Å². The molecule has 0 saturated heterocycles. The molecular formula is C24H16ClF4N3O. The number of benzene rings is 3. The number of hydrogen-bond donors (Lipinski definition) is 2. The van der Waals surface area contributed by atoms with Gasteiger partial charge in [0.15, 0.2) is 5.60 Å². The summed E-state index contributed by atoms with van der Waals surface area (Å²) in [4.78, 5) is 2.92. The maximum atomic E-state index is 14.2. The summed E-state index contributed by atoms with van der Waals surface area (Å²) < 4.78 is 57.4. The molecule has 0 bridgehead atoms. The molecule has 0 amide bonds. The molecule has 0 aliphatic carbocycles. The van der Waals surface area contributed by atoms with Crippen LogP contribution in [0.5, 0.6) is 0 Å². The maximum Gasteiger partial charge on any atom is 0.421 e. The number of H-pyrrole nitrogens is 1. The lowest BCUT2D eigenvalue weighted by Crippen LogP contribution is -2.44. The molecule has 0 saturated carbocycles. The number of aliphatic hydroxyl groups is 1. The van der Waals surface area contributed by atoms with Gasteiger partial charge in [0.05, 0.1) is 17.4 Å². The van der Waals surface area contributed by atoms with E-state index in [1.807, 2.05) is 0 Å². The Hall–Kier alpha value is -3.36. The zero-order valence-corrected chi connectivity index (χ0v) is 17.6. The minimum absolute atomic E-state index is 0.287. The summed E-state index contributed by atoms with van der Waals surface area (Å²) in [6, 6.07) is 14.4. The molecule has 0 fully saturated rings. The standard InChI is InChI=1S/C24H16ClF4N3O/c25-17-2-7-21-20(10-17)15(12-30-21)11-23(33,24(27,28)29)16-1-8-22-14(9-16)13-31-32(22)19-5-3-18(26)4-6-19/h1-10,12-13,30,33H,11H2. The number of hydrogen-bond acceptors (Lipinski definition) is 2. The monoisotopic (exact) mass is 473 g/mol. The third-order valence-corrected chi connectivity index (χ3v) is 6.00. The van der Waals surface area contributed by atoms with Gasteiger partial charge in [0, 0.05) is 33.9 Å². The molecule has 9 heteroatoms. The molecular weight excluding hydrogens is 458 g/mol. The van der Waals surface area contributed by atoms with Gasteiger partial charge in [-0.15, -0.1) is 0 Å². The van der Waals surface area contributed by atoms with Gasteiger partial charge in [-0.1, -0.05) is 17.7 Å². The van der Waals surface area contributed by atoms with Crippen molar-refractivity contribution in [2.45, 2.75) is 18.2 Å². The summed E-state index contributed by atoms with van der Waals surface area (Å²) in [7, 11) is 0. The number of aromatic amines is 1. The normalized spacial score (nSPS) is 14.1. The van der Waals surface area contributed by atoms with Gasteiger partial charge in [-0.05, 0) is 65.7 Å². The van der Waals surface area contributed by atoms with E-state index >= 15 is 0 Å². The Bertz CT molecular complexity index is 1470. The summed E-state index contributed by atoms with van der Waals surface area (Å²) in [5.41, 5.74) is -1.46. The molecule has 1 unspecified atom stereocenters. The molecule has 4 nitrogen and oxygen atoms in total. The van der Waals surface area contributed by atoms with E-state index in [0.29, 0.717) is 32.5 Å². The molecule has 0 radical (unpaired) electrons. The smallest absolute Gasteiger partial charge is 0.376 e. The second kappa shape index (κ2) is 7.60. The van der Waals surface area contributed by atoms with Crippen molar-refractivity contribution in [3.63, 3.8) is 0 Å². The minimum Gasteiger partial charge on any atom is -0.376 e. The minimum atomic E-state index is -4.95. The predicted octanol–water partition coefficient (Wildman–Crippen LogP) is 6.29. The fourth-order valence-corrected chi connectivity index (χ4v) is 4.19. The summed E-state index contributed by atoms with van der Waals surface area (Å²) in [6.07, 6.45) is -2.79. The van der Waals surface area contributed by atoms with Crippen LogP contribution in [-0.4, -0.2) is 26.0 Å². The highest BCUT2D eigenvalue weighted by Crippen LogP contribution is 2.43. The van der Waals surface area contributed by atoms with Crippen molar-refractivity contribution in [1.82, 2.24) is 14.8 Å². The summed E-state index contributed by atoms with van der Waals surface area (Å²) in [5.74, 6) is -0.411. The van der Waals surface area contributed by atoms with E-state index < -0.39 is 24.0 Å². The second-order valence-electron chi connectivity index (χ2n) is 7.85. The van der Waals surface area contributed by atoms with Crippen molar-refractivity contribution in [2.75, 3.05) is 0 Å². The average Bonchev–Trinajstić information content (AvgIpc) is 3.37. The number of halogens is 5. The third kappa shape index (κ3) is 3.65. The van der Waals surface area contributed by atoms with Gasteiger partial charge in [0.1, 0.15) is 5.82 Å². The molecule has 0 aliphatic heterocycles. The number of aromatic nitrogens is 3. The van der Waals surface area contributed by atoms with Crippen LogP contribution < -0.4 is 0 Å². The van der Waals surface area contributed by atoms with Gasteiger partial charge in [-0.3, -0.25) is 0 Å². The van der Waals surface area contributed by atoms with E-state index in [-0.39, 0.29) is 11.1 Å². The van der Waals surface area contributed by atoms with Gasteiger partial charge in [-0.25, -0.2) is 9.07 Å². The number of nitrogens with zero attached hydrogens (tertiary/aromatic N) is 2. The third-order valence-electron chi connectivity index (χ3n) is 5.76. The first-order valence-electron chi connectivity index (χ1n) is 9.94. The van der Waals surface area contributed by atoms with E-state index in [1.54, 1.807) is 18.2 Å². The molecule has 2 N–H and O–H groups in total. The van der Waals surface area contributed by atoms with E-state index in [2.05, 4.69) is 10.1 Å². The van der Waals surface area contributed by atoms with Crippen molar-refractivity contribution in [3.05, 3.63) is 95.0 Å². The number of alkyl halides is 3. The molecule has 5 aromatic rings. The Labute approximate surface area is 190 Å². The van der Waals surface area contributed by atoms with Crippen LogP contribution in [-0.2, 0) is 12.0 Å². The predicted molar refractivity (Wildman–Crippen MR) is 118 cm³/mol. The van der Waals surface area contributed by atoms with E-state index in [1.165, 1.54) is 59.5 Å². The molecule has 0 spiro atoms. The van der Waals surface area contributed by atoms with Crippen LogP contribution in [0.1, 0.15) is 11.1 Å². The average molecular weight is 474 g/mol. The van der Waals surface area contributed by atoms with Crippen LogP contribution in [0.3, 0.4) is 0 Å². The molecule has 0 aliphatic rings. The number of nitrogens with one attached hydrogen (secondary N) is 1. The molecule has 168 valence electrons. The molecule has 2 aromatic heterocycles. The van der Waals surface area contributed by atoms with Crippen molar-refractivity contribution in [2.24, 2.45) is 0 Å². The Balaban J connectivity index is 1.59. The summed E-state index contributed by atoms with van der Waals surface area (Å²) >= 11 is 6.02. The van der Waals surface area contributed by atoms with Crippen LogP contribution in [0.15, 0.2) is 73.1 Å². The van der Waals surface area contributed by atoms with Crippen molar-refractivity contribution >= 4 is 33.4 Å². The van der Waals surface area contributed by atoms with Gasteiger partial charge < -0.3 is 10.1 Å². The molecule has 2 heterocycles. The van der Waals surface area contributed by atoms with Crippen molar-refractivity contribution in [3.8, 4) is 5.69 Å². The van der Waals surface area contributed by atoms with Crippen LogP contribution >= 0.6 is 11.6 Å².